The quantitative estimate of drug-likeness (QED) is 0.503. The van der Waals surface area contributed by atoms with Gasteiger partial charge in [-0.3, -0.25) is 0 Å². The van der Waals surface area contributed by atoms with Crippen LogP contribution in [0.5, 0.6) is 0 Å². The van der Waals surface area contributed by atoms with Crippen molar-refractivity contribution >= 4 is 0 Å². The van der Waals surface area contributed by atoms with Gasteiger partial charge in [0.2, 0.25) is 0 Å². The van der Waals surface area contributed by atoms with Gasteiger partial charge in [0, 0.05) is 26.4 Å². The third kappa shape index (κ3) is 15.8. The topological polar surface area (TPSA) is 39.7 Å². The van der Waals surface area contributed by atoms with Crippen LogP contribution in [0.4, 0.5) is 0 Å². The fraction of sp³-hybridized carbons (Fsp3) is 1.00. The van der Waals surface area contributed by atoms with Gasteiger partial charge in [0.05, 0.1) is 19.8 Å². The molecular weight excluding hydrogens is 218 g/mol. The molecule has 0 atom stereocenters. The summed E-state index contributed by atoms with van der Waals surface area (Å²) in [5.74, 6) is 0.599. The summed E-state index contributed by atoms with van der Waals surface area (Å²) >= 11 is 0. The van der Waals surface area contributed by atoms with E-state index in [1.165, 1.54) is 0 Å². The highest BCUT2D eigenvalue weighted by atomic mass is 16.5. The van der Waals surface area contributed by atoms with Crippen molar-refractivity contribution in [1.29, 1.82) is 0 Å². The second-order valence-corrected chi connectivity index (χ2v) is 4.38. The minimum atomic E-state index is 0.599. The van der Waals surface area contributed by atoms with Crippen LogP contribution in [-0.4, -0.2) is 52.7 Å². The SMILES string of the molecule is CCOCCCNCCOCCOCC(C)C. The maximum atomic E-state index is 5.42. The zero-order chi connectivity index (χ0) is 12.8. The van der Waals surface area contributed by atoms with Crippen LogP contribution in [0.15, 0.2) is 0 Å². The Morgan fingerprint density at radius 1 is 0.882 bits per heavy atom. The van der Waals surface area contributed by atoms with Gasteiger partial charge in [0.25, 0.3) is 0 Å². The first-order valence-electron chi connectivity index (χ1n) is 6.71. The van der Waals surface area contributed by atoms with Gasteiger partial charge in [-0.1, -0.05) is 13.8 Å². The Hall–Kier alpha value is -0.160. The van der Waals surface area contributed by atoms with E-state index in [0.717, 1.165) is 45.9 Å². The maximum absolute atomic E-state index is 5.42. The average molecular weight is 247 g/mol. The summed E-state index contributed by atoms with van der Waals surface area (Å²) in [7, 11) is 0. The Labute approximate surface area is 106 Å². The molecule has 0 saturated carbocycles. The Bertz CT molecular complexity index is 143. The Balaban J connectivity index is 2.89. The fourth-order valence-corrected chi connectivity index (χ4v) is 1.25. The molecule has 0 aromatic rings. The van der Waals surface area contributed by atoms with Crippen LogP contribution in [0.25, 0.3) is 0 Å². The lowest BCUT2D eigenvalue weighted by atomic mass is 10.2. The molecule has 4 nitrogen and oxygen atoms in total. The average Bonchev–Trinajstić information content (AvgIpc) is 2.30. The molecular formula is C13H29NO3. The highest BCUT2D eigenvalue weighted by molar-refractivity contribution is 4.46. The molecule has 0 aliphatic rings. The molecule has 0 fully saturated rings. The molecule has 0 aromatic carbocycles. The van der Waals surface area contributed by atoms with E-state index in [-0.39, 0.29) is 0 Å². The second-order valence-electron chi connectivity index (χ2n) is 4.38. The molecule has 0 amide bonds. The summed E-state index contributed by atoms with van der Waals surface area (Å²) in [4.78, 5) is 0. The van der Waals surface area contributed by atoms with Gasteiger partial charge in [-0.15, -0.1) is 0 Å². The van der Waals surface area contributed by atoms with Crippen LogP contribution in [0, 0.1) is 5.92 Å². The van der Waals surface area contributed by atoms with Crippen LogP contribution in [-0.2, 0) is 14.2 Å². The summed E-state index contributed by atoms with van der Waals surface area (Å²) in [6.45, 7) is 12.8. The molecule has 4 heteroatoms. The van der Waals surface area contributed by atoms with Crippen LogP contribution >= 0.6 is 0 Å². The maximum Gasteiger partial charge on any atom is 0.0701 e. The third-order valence-corrected chi connectivity index (χ3v) is 2.09. The van der Waals surface area contributed by atoms with E-state index in [1.807, 2.05) is 6.92 Å². The monoisotopic (exact) mass is 247 g/mol. The lowest BCUT2D eigenvalue weighted by molar-refractivity contribution is 0.0386. The molecule has 0 aromatic heterocycles. The lowest BCUT2D eigenvalue weighted by Crippen LogP contribution is -2.22. The van der Waals surface area contributed by atoms with Crippen molar-refractivity contribution in [3.8, 4) is 0 Å². The molecule has 0 rings (SSSR count). The van der Waals surface area contributed by atoms with Gasteiger partial charge in [0.1, 0.15) is 0 Å². The summed E-state index contributed by atoms with van der Waals surface area (Å²) in [5.41, 5.74) is 0. The van der Waals surface area contributed by atoms with E-state index < -0.39 is 0 Å². The van der Waals surface area contributed by atoms with Crippen molar-refractivity contribution in [3.05, 3.63) is 0 Å². The molecule has 0 heterocycles. The van der Waals surface area contributed by atoms with E-state index in [4.69, 9.17) is 14.2 Å². The Morgan fingerprint density at radius 2 is 1.65 bits per heavy atom. The second kappa shape index (κ2) is 13.9. The number of nitrogens with one attached hydrogen (secondary N) is 1. The van der Waals surface area contributed by atoms with Gasteiger partial charge in [0.15, 0.2) is 0 Å². The van der Waals surface area contributed by atoms with Crippen LogP contribution in [0.1, 0.15) is 27.2 Å². The van der Waals surface area contributed by atoms with Crippen molar-refractivity contribution in [1.82, 2.24) is 5.32 Å². The Kier molecular flexibility index (Phi) is 13.8. The predicted molar refractivity (Wildman–Crippen MR) is 70.5 cm³/mol. The molecule has 0 aliphatic carbocycles. The minimum absolute atomic E-state index is 0.599. The van der Waals surface area contributed by atoms with Crippen LogP contribution < -0.4 is 5.32 Å². The van der Waals surface area contributed by atoms with Gasteiger partial charge < -0.3 is 19.5 Å². The number of hydrogen-bond acceptors (Lipinski definition) is 4. The van der Waals surface area contributed by atoms with E-state index in [9.17, 15) is 0 Å². The first-order chi connectivity index (χ1) is 8.27. The highest BCUT2D eigenvalue weighted by Crippen LogP contribution is 1.91. The molecule has 0 saturated heterocycles. The van der Waals surface area contributed by atoms with Crippen molar-refractivity contribution in [2.75, 3.05) is 52.7 Å². The van der Waals surface area contributed by atoms with Gasteiger partial charge in [-0.05, 0) is 25.8 Å². The molecule has 0 unspecified atom stereocenters. The number of ether oxygens (including phenoxy) is 3. The normalized spacial score (nSPS) is 11.3. The van der Waals surface area contributed by atoms with Crippen LogP contribution in [0.2, 0.25) is 0 Å². The van der Waals surface area contributed by atoms with Crippen molar-refractivity contribution in [3.63, 3.8) is 0 Å². The lowest BCUT2D eigenvalue weighted by Gasteiger charge is -2.08. The zero-order valence-corrected chi connectivity index (χ0v) is 11.7. The first kappa shape index (κ1) is 16.8. The summed E-state index contributed by atoms with van der Waals surface area (Å²) in [6, 6.07) is 0. The number of rotatable bonds is 13. The van der Waals surface area contributed by atoms with Crippen molar-refractivity contribution < 1.29 is 14.2 Å². The van der Waals surface area contributed by atoms with Gasteiger partial charge in [-0.2, -0.15) is 0 Å². The van der Waals surface area contributed by atoms with E-state index >= 15 is 0 Å². The molecule has 1 N–H and O–H groups in total. The highest BCUT2D eigenvalue weighted by Gasteiger charge is 1.94. The smallest absolute Gasteiger partial charge is 0.0701 e. The third-order valence-electron chi connectivity index (χ3n) is 2.09. The standard InChI is InChI=1S/C13H29NO3/c1-4-15-8-5-6-14-7-9-16-10-11-17-12-13(2)3/h13-14H,4-12H2,1-3H3. The van der Waals surface area contributed by atoms with E-state index in [0.29, 0.717) is 19.1 Å². The summed E-state index contributed by atoms with van der Waals surface area (Å²) in [5, 5.41) is 3.31. The number of hydrogen-bond donors (Lipinski definition) is 1. The van der Waals surface area contributed by atoms with Gasteiger partial charge >= 0.3 is 0 Å². The van der Waals surface area contributed by atoms with Crippen LogP contribution in [0.3, 0.4) is 0 Å². The molecule has 0 radical (unpaired) electrons. The molecule has 0 aliphatic heterocycles. The zero-order valence-electron chi connectivity index (χ0n) is 11.7. The summed E-state index contributed by atoms with van der Waals surface area (Å²) < 4.78 is 16.1. The molecule has 0 bridgehead atoms. The summed E-state index contributed by atoms with van der Waals surface area (Å²) in [6.07, 6.45) is 1.06. The largest absolute Gasteiger partial charge is 0.382 e. The predicted octanol–water partition coefficient (Wildman–Crippen LogP) is 1.69. The minimum Gasteiger partial charge on any atom is -0.382 e. The first-order valence-corrected chi connectivity index (χ1v) is 6.71. The fourth-order valence-electron chi connectivity index (χ4n) is 1.25. The molecule has 0 spiro atoms. The molecule has 17 heavy (non-hydrogen) atoms. The molecule has 104 valence electrons. The van der Waals surface area contributed by atoms with Crippen molar-refractivity contribution in [2.24, 2.45) is 5.92 Å². The van der Waals surface area contributed by atoms with E-state index in [1.54, 1.807) is 0 Å². The van der Waals surface area contributed by atoms with E-state index in [2.05, 4.69) is 19.2 Å². The van der Waals surface area contributed by atoms with Gasteiger partial charge in [-0.25, -0.2) is 0 Å². The van der Waals surface area contributed by atoms with Crippen molar-refractivity contribution in [2.45, 2.75) is 27.2 Å². The Morgan fingerprint density at radius 3 is 2.35 bits per heavy atom.